The molecule has 0 aromatic heterocycles. The molecule has 1 heterocycles. The van der Waals surface area contributed by atoms with Crippen LogP contribution in [0.5, 0.6) is 0 Å². The number of carbonyl (C=O) groups excluding carboxylic acids is 2. The topological polar surface area (TPSA) is 58.6 Å². The summed E-state index contributed by atoms with van der Waals surface area (Å²) in [6.07, 6.45) is 2.89. The standard InChI is InChI=1S/C15H26N2O3S2/c1-6-12(18)20-8-7-16-13(19)22-11-9-14(2,3)17(21)15(4,5)10-11/h6,11,21H,1,7-10H2,2-5H3,(H,16,19). The number of amides is 1. The van der Waals surface area contributed by atoms with Crippen molar-refractivity contribution < 1.29 is 14.3 Å². The summed E-state index contributed by atoms with van der Waals surface area (Å²) in [6, 6.07) is 0. The molecule has 1 aliphatic heterocycles. The van der Waals surface area contributed by atoms with Crippen LogP contribution in [0.15, 0.2) is 12.7 Å². The summed E-state index contributed by atoms with van der Waals surface area (Å²) in [5.41, 5.74) is -0.134. The highest BCUT2D eigenvalue weighted by atomic mass is 32.2. The second-order valence-corrected chi connectivity index (χ2v) is 8.34. The maximum atomic E-state index is 12.0. The summed E-state index contributed by atoms with van der Waals surface area (Å²) >= 11 is 5.94. The van der Waals surface area contributed by atoms with Gasteiger partial charge in [0.15, 0.2) is 0 Å². The van der Waals surface area contributed by atoms with Crippen molar-refractivity contribution in [1.29, 1.82) is 0 Å². The van der Waals surface area contributed by atoms with E-state index < -0.39 is 5.97 Å². The molecule has 0 bridgehead atoms. The Balaban J connectivity index is 2.41. The van der Waals surface area contributed by atoms with Crippen molar-refractivity contribution >= 4 is 35.8 Å². The average Bonchev–Trinajstić information content (AvgIpc) is 2.40. The quantitative estimate of drug-likeness (QED) is 0.347. The first-order valence-corrected chi connectivity index (χ1v) is 8.59. The summed E-state index contributed by atoms with van der Waals surface area (Å²) in [5, 5.41) is 2.91. The number of carbonyl (C=O) groups is 2. The van der Waals surface area contributed by atoms with Crippen LogP contribution >= 0.6 is 24.6 Å². The molecule has 0 unspecified atom stereocenters. The van der Waals surface area contributed by atoms with Gasteiger partial charge in [-0.2, -0.15) is 0 Å². The average molecular weight is 347 g/mol. The Morgan fingerprint density at radius 2 is 1.91 bits per heavy atom. The Bertz CT molecular complexity index is 421. The molecule has 7 heteroatoms. The normalized spacial score (nSPS) is 21.1. The minimum Gasteiger partial charge on any atom is -0.461 e. The highest BCUT2D eigenvalue weighted by Gasteiger charge is 2.44. The molecule has 0 aliphatic carbocycles. The van der Waals surface area contributed by atoms with Crippen LogP contribution in [-0.4, -0.2) is 45.0 Å². The molecule has 0 radical (unpaired) electrons. The third kappa shape index (κ3) is 5.52. The number of piperidine rings is 1. The van der Waals surface area contributed by atoms with Gasteiger partial charge in [-0.25, -0.2) is 9.10 Å². The Labute approximate surface area is 142 Å². The van der Waals surface area contributed by atoms with Crippen molar-refractivity contribution in [1.82, 2.24) is 9.62 Å². The summed E-state index contributed by atoms with van der Waals surface area (Å²) in [5.74, 6) is -0.480. The molecule has 1 amide bonds. The molecule has 5 nitrogen and oxygen atoms in total. The largest absolute Gasteiger partial charge is 0.461 e. The zero-order chi connectivity index (χ0) is 17.0. The predicted octanol–water partition coefficient (Wildman–Crippen LogP) is 3.02. The van der Waals surface area contributed by atoms with Gasteiger partial charge in [0.05, 0.1) is 6.54 Å². The second kappa shape index (κ2) is 7.75. The number of thioether (sulfide) groups is 1. The number of hydrogen-bond donors (Lipinski definition) is 2. The fourth-order valence-electron chi connectivity index (χ4n) is 2.82. The van der Waals surface area contributed by atoms with Crippen LogP contribution in [0.3, 0.4) is 0 Å². The Morgan fingerprint density at radius 1 is 1.36 bits per heavy atom. The van der Waals surface area contributed by atoms with Gasteiger partial charge in [-0.15, -0.1) is 0 Å². The first-order chi connectivity index (χ1) is 10.1. The van der Waals surface area contributed by atoms with Gasteiger partial charge in [0.2, 0.25) is 0 Å². The number of ether oxygens (including phenoxy) is 1. The molecule has 1 saturated heterocycles. The van der Waals surface area contributed by atoms with Crippen LogP contribution in [-0.2, 0) is 9.53 Å². The maximum Gasteiger partial charge on any atom is 0.330 e. The lowest BCUT2D eigenvalue weighted by Crippen LogP contribution is -2.57. The lowest BCUT2D eigenvalue weighted by molar-refractivity contribution is -0.137. The first-order valence-electron chi connectivity index (χ1n) is 7.31. The van der Waals surface area contributed by atoms with E-state index in [1.165, 1.54) is 11.8 Å². The molecular formula is C15H26N2O3S2. The fraction of sp³-hybridized carbons (Fsp3) is 0.733. The molecule has 1 aliphatic rings. The molecule has 1 N–H and O–H groups in total. The summed E-state index contributed by atoms with van der Waals surface area (Å²) in [4.78, 5) is 22.9. The van der Waals surface area contributed by atoms with E-state index >= 15 is 0 Å². The van der Waals surface area contributed by atoms with Crippen LogP contribution in [0.25, 0.3) is 0 Å². The van der Waals surface area contributed by atoms with E-state index in [4.69, 9.17) is 4.74 Å². The molecule has 1 fully saturated rings. The SMILES string of the molecule is C=CC(=O)OCCNC(=O)SC1CC(C)(C)N(S)C(C)(C)C1. The monoisotopic (exact) mass is 346 g/mol. The molecule has 1 rings (SSSR count). The number of nitrogens with one attached hydrogen (secondary N) is 1. The van der Waals surface area contributed by atoms with E-state index in [2.05, 4.69) is 56.7 Å². The number of rotatable bonds is 5. The maximum absolute atomic E-state index is 12.0. The van der Waals surface area contributed by atoms with E-state index in [1.54, 1.807) is 0 Å². The number of nitrogens with zero attached hydrogens (tertiary/aromatic N) is 1. The van der Waals surface area contributed by atoms with Crippen LogP contribution in [0.1, 0.15) is 40.5 Å². The van der Waals surface area contributed by atoms with Gasteiger partial charge >= 0.3 is 5.97 Å². The minimum atomic E-state index is -0.480. The van der Waals surface area contributed by atoms with Crippen LogP contribution in [0, 0.1) is 0 Å². The Hall–Kier alpha value is -0.660. The smallest absolute Gasteiger partial charge is 0.330 e. The van der Waals surface area contributed by atoms with E-state index in [1.807, 2.05) is 0 Å². The predicted molar refractivity (Wildman–Crippen MR) is 94.2 cm³/mol. The van der Waals surface area contributed by atoms with Crippen molar-refractivity contribution in [2.75, 3.05) is 13.2 Å². The highest BCUT2D eigenvalue weighted by molar-refractivity contribution is 8.14. The molecular weight excluding hydrogens is 320 g/mol. The fourth-order valence-corrected chi connectivity index (χ4v) is 4.45. The molecule has 22 heavy (non-hydrogen) atoms. The summed E-state index contributed by atoms with van der Waals surface area (Å²) < 4.78 is 6.90. The van der Waals surface area contributed by atoms with Gasteiger partial charge in [-0.05, 0) is 40.5 Å². The van der Waals surface area contributed by atoms with Gasteiger partial charge in [0.25, 0.3) is 5.24 Å². The number of hydrogen-bond acceptors (Lipinski definition) is 6. The van der Waals surface area contributed by atoms with Gasteiger partial charge < -0.3 is 10.1 Å². The third-order valence-electron chi connectivity index (χ3n) is 3.66. The van der Waals surface area contributed by atoms with E-state index in [0.29, 0.717) is 6.54 Å². The zero-order valence-corrected chi connectivity index (χ0v) is 15.4. The van der Waals surface area contributed by atoms with Crippen LogP contribution in [0.4, 0.5) is 4.79 Å². The molecule has 0 saturated carbocycles. The number of thiol groups is 1. The van der Waals surface area contributed by atoms with Crippen molar-refractivity contribution in [2.24, 2.45) is 0 Å². The lowest BCUT2D eigenvalue weighted by atomic mass is 9.82. The molecule has 0 aromatic rings. The van der Waals surface area contributed by atoms with E-state index in [-0.39, 0.29) is 28.2 Å². The minimum absolute atomic E-state index is 0.0672. The van der Waals surface area contributed by atoms with Crippen LogP contribution < -0.4 is 5.32 Å². The van der Waals surface area contributed by atoms with E-state index in [9.17, 15) is 9.59 Å². The highest BCUT2D eigenvalue weighted by Crippen LogP contribution is 2.43. The zero-order valence-electron chi connectivity index (χ0n) is 13.7. The van der Waals surface area contributed by atoms with Crippen LogP contribution in [0.2, 0.25) is 0 Å². The molecule has 126 valence electrons. The molecule has 0 atom stereocenters. The number of esters is 1. The van der Waals surface area contributed by atoms with Gasteiger partial charge in [-0.1, -0.05) is 31.2 Å². The molecule has 0 spiro atoms. The van der Waals surface area contributed by atoms with Gasteiger partial charge in [-0.3, -0.25) is 4.79 Å². The van der Waals surface area contributed by atoms with Crippen molar-refractivity contribution in [3.63, 3.8) is 0 Å². The molecule has 0 aromatic carbocycles. The Kier molecular flexibility index (Phi) is 6.83. The van der Waals surface area contributed by atoms with Gasteiger partial charge in [0, 0.05) is 22.4 Å². The van der Waals surface area contributed by atoms with Crippen molar-refractivity contribution in [2.45, 2.75) is 56.9 Å². The Morgan fingerprint density at radius 3 is 2.41 bits per heavy atom. The summed E-state index contributed by atoms with van der Waals surface area (Å²) in [6.45, 7) is 12.3. The van der Waals surface area contributed by atoms with E-state index in [0.717, 1.165) is 18.9 Å². The second-order valence-electron chi connectivity index (χ2n) is 6.67. The van der Waals surface area contributed by atoms with Crippen molar-refractivity contribution in [3.8, 4) is 0 Å². The third-order valence-corrected chi connectivity index (χ3v) is 5.77. The van der Waals surface area contributed by atoms with Gasteiger partial charge in [0.1, 0.15) is 6.61 Å². The lowest BCUT2D eigenvalue weighted by Gasteiger charge is -2.52. The van der Waals surface area contributed by atoms with Crippen molar-refractivity contribution in [3.05, 3.63) is 12.7 Å². The first kappa shape index (κ1) is 19.4. The summed E-state index contributed by atoms with van der Waals surface area (Å²) in [7, 11) is 0.